The molecule has 2 N–H and O–H groups in total. The molecule has 1 aliphatic heterocycles. The molecule has 0 saturated heterocycles. The van der Waals surface area contributed by atoms with Gasteiger partial charge in [-0.05, 0) is 29.3 Å². The molecule has 21 heavy (non-hydrogen) atoms. The van der Waals surface area contributed by atoms with Crippen LogP contribution in [0, 0.1) is 0 Å². The van der Waals surface area contributed by atoms with Crippen molar-refractivity contribution < 1.29 is 9.47 Å². The fourth-order valence-electron chi connectivity index (χ4n) is 2.44. The van der Waals surface area contributed by atoms with E-state index in [2.05, 4.69) is 6.07 Å². The molecule has 0 amide bonds. The summed E-state index contributed by atoms with van der Waals surface area (Å²) in [6.45, 7) is 0.545. The SMILES string of the molecule is NC(=S)Cc1ccc(OCC2Cc3ccccc3O2)cc1. The molecule has 1 aliphatic rings. The van der Waals surface area contributed by atoms with E-state index in [9.17, 15) is 0 Å². The van der Waals surface area contributed by atoms with Crippen molar-refractivity contribution >= 4 is 17.2 Å². The number of fused-ring (bicyclic) bond motifs is 1. The third kappa shape index (κ3) is 3.52. The number of thiocarbonyl (C=S) groups is 1. The summed E-state index contributed by atoms with van der Waals surface area (Å²) < 4.78 is 11.6. The second-order valence-electron chi connectivity index (χ2n) is 5.15. The Hall–Kier alpha value is -2.07. The van der Waals surface area contributed by atoms with Crippen molar-refractivity contribution in [2.45, 2.75) is 18.9 Å². The Labute approximate surface area is 129 Å². The van der Waals surface area contributed by atoms with Gasteiger partial charge in [0, 0.05) is 12.8 Å². The van der Waals surface area contributed by atoms with Gasteiger partial charge in [-0.3, -0.25) is 0 Å². The average Bonchev–Trinajstić information content (AvgIpc) is 2.89. The Balaban J connectivity index is 1.53. The standard InChI is InChI=1S/C17H17NO2S/c18-17(21)9-12-5-7-14(8-6-12)19-11-15-10-13-3-1-2-4-16(13)20-15/h1-8,15H,9-11H2,(H2,18,21). The Kier molecular flexibility index (Phi) is 4.06. The first-order valence-electron chi connectivity index (χ1n) is 6.95. The lowest BCUT2D eigenvalue weighted by Crippen LogP contribution is -2.22. The minimum absolute atomic E-state index is 0.0821. The molecule has 0 fully saturated rings. The number of para-hydroxylation sites is 1. The maximum atomic E-state index is 5.85. The molecule has 4 heteroatoms. The predicted octanol–water partition coefficient (Wildman–Crippen LogP) is 2.90. The summed E-state index contributed by atoms with van der Waals surface area (Å²) in [7, 11) is 0. The van der Waals surface area contributed by atoms with Gasteiger partial charge in [-0.1, -0.05) is 42.5 Å². The van der Waals surface area contributed by atoms with Gasteiger partial charge in [0.2, 0.25) is 0 Å². The Bertz CT molecular complexity index is 614. The summed E-state index contributed by atoms with van der Waals surface area (Å²) in [5.74, 6) is 1.80. The second-order valence-corrected chi connectivity index (χ2v) is 5.67. The number of rotatable bonds is 5. The maximum absolute atomic E-state index is 5.85. The molecular formula is C17H17NO2S. The van der Waals surface area contributed by atoms with Crippen LogP contribution < -0.4 is 15.2 Å². The van der Waals surface area contributed by atoms with Crippen LogP contribution >= 0.6 is 12.2 Å². The summed E-state index contributed by atoms with van der Waals surface area (Å²) in [4.78, 5) is 0.501. The molecule has 3 nitrogen and oxygen atoms in total. The first kappa shape index (κ1) is 13.9. The molecular weight excluding hydrogens is 282 g/mol. The molecule has 0 aromatic heterocycles. The fourth-order valence-corrected chi connectivity index (χ4v) is 2.61. The maximum Gasteiger partial charge on any atom is 0.137 e. The van der Waals surface area contributed by atoms with E-state index in [0.717, 1.165) is 23.5 Å². The van der Waals surface area contributed by atoms with E-state index >= 15 is 0 Å². The molecule has 108 valence electrons. The molecule has 1 unspecified atom stereocenters. The third-order valence-corrected chi connectivity index (χ3v) is 3.60. The minimum atomic E-state index is 0.0821. The van der Waals surface area contributed by atoms with Gasteiger partial charge in [0.25, 0.3) is 0 Å². The molecule has 0 aliphatic carbocycles. The van der Waals surface area contributed by atoms with Crippen molar-refractivity contribution in [3.05, 3.63) is 59.7 Å². The molecule has 2 aromatic rings. The van der Waals surface area contributed by atoms with Crippen molar-refractivity contribution in [1.29, 1.82) is 0 Å². The second kappa shape index (κ2) is 6.14. The zero-order valence-electron chi connectivity index (χ0n) is 11.6. The lowest BCUT2D eigenvalue weighted by Gasteiger charge is -2.12. The summed E-state index contributed by atoms with van der Waals surface area (Å²) in [5, 5.41) is 0. The van der Waals surface area contributed by atoms with Crippen LogP contribution in [-0.2, 0) is 12.8 Å². The highest BCUT2D eigenvalue weighted by Crippen LogP contribution is 2.28. The zero-order chi connectivity index (χ0) is 14.7. The minimum Gasteiger partial charge on any atom is -0.490 e. The summed E-state index contributed by atoms with van der Waals surface area (Å²) >= 11 is 4.90. The van der Waals surface area contributed by atoms with Gasteiger partial charge < -0.3 is 15.2 Å². The average molecular weight is 299 g/mol. The quantitative estimate of drug-likeness (QED) is 0.862. The largest absolute Gasteiger partial charge is 0.490 e. The van der Waals surface area contributed by atoms with E-state index in [-0.39, 0.29) is 6.10 Å². The number of ether oxygens (including phenoxy) is 2. The van der Waals surface area contributed by atoms with Crippen molar-refractivity contribution in [3.8, 4) is 11.5 Å². The number of nitrogens with two attached hydrogens (primary N) is 1. The summed E-state index contributed by atoms with van der Waals surface area (Å²) in [6.07, 6.45) is 1.60. The van der Waals surface area contributed by atoms with Crippen molar-refractivity contribution in [1.82, 2.24) is 0 Å². The van der Waals surface area contributed by atoms with E-state index < -0.39 is 0 Å². The normalized spacial score (nSPS) is 16.1. The summed E-state index contributed by atoms with van der Waals surface area (Å²) in [5.41, 5.74) is 7.87. The van der Waals surface area contributed by atoms with Crippen LogP contribution in [0.15, 0.2) is 48.5 Å². The van der Waals surface area contributed by atoms with Crippen LogP contribution in [0.5, 0.6) is 11.5 Å². The van der Waals surface area contributed by atoms with Crippen molar-refractivity contribution in [2.75, 3.05) is 6.61 Å². The number of hydrogen-bond acceptors (Lipinski definition) is 3. The highest BCUT2D eigenvalue weighted by atomic mass is 32.1. The van der Waals surface area contributed by atoms with Gasteiger partial charge in [0.05, 0.1) is 4.99 Å². The Morgan fingerprint density at radius 3 is 2.67 bits per heavy atom. The van der Waals surface area contributed by atoms with Gasteiger partial charge in [-0.25, -0.2) is 0 Å². The Morgan fingerprint density at radius 2 is 1.95 bits per heavy atom. The molecule has 0 spiro atoms. The van der Waals surface area contributed by atoms with E-state index in [1.807, 2.05) is 42.5 Å². The first-order chi connectivity index (χ1) is 10.2. The summed E-state index contributed by atoms with van der Waals surface area (Å²) in [6, 6.07) is 16.0. The molecule has 2 aromatic carbocycles. The van der Waals surface area contributed by atoms with E-state index in [1.165, 1.54) is 5.56 Å². The van der Waals surface area contributed by atoms with E-state index in [0.29, 0.717) is 18.0 Å². The van der Waals surface area contributed by atoms with Gasteiger partial charge in [0.1, 0.15) is 24.2 Å². The van der Waals surface area contributed by atoms with Crippen molar-refractivity contribution in [3.63, 3.8) is 0 Å². The third-order valence-electron chi connectivity index (χ3n) is 3.45. The van der Waals surface area contributed by atoms with Crippen LogP contribution in [0.25, 0.3) is 0 Å². The lowest BCUT2D eigenvalue weighted by atomic mass is 10.1. The molecule has 0 saturated carbocycles. The Morgan fingerprint density at radius 1 is 1.19 bits per heavy atom. The zero-order valence-corrected chi connectivity index (χ0v) is 12.4. The molecule has 1 heterocycles. The van der Waals surface area contributed by atoms with E-state index in [1.54, 1.807) is 0 Å². The van der Waals surface area contributed by atoms with Crippen LogP contribution in [0.2, 0.25) is 0 Å². The van der Waals surface area contributed by atoms with Gasteiger partial charge in [0.15, 0.2) is 0 Å². The molecule has 0 radical (unpaired) electrons. The van der Waals surface area contributed by atoms with Crippen LogP contribution in [-0.4, -0.2) is 17.7 Å². The number of hydrogen-bond donors (Lipinski definition) is 1. The molecule has 1 atom stereocenters. The fraction of sp³-hybridized carbons (Fsp3) is 0.235. The van der Waals surface area contributed by atoms with Crippen LogP contribution in [0.1, 0.15) is 11.1 Å². The first-order valence-corrected chi connectivity index (χ1v) is 7.36. The van der Waals surface area contributed by atoms with Crippen LogP contribution in [0.3, 0.4) is 0 Å². The van der Waals surface area contributed by atoms with Gasteiger partial charge >= 0.3 is 0 Å². The predicted molar refractivity (Wildman–Crippen MR) is 87.0 cm³/mol. The smallest absolute Gasteiger partial charge is 0.137 e. The lowest BCUT2D eigenvalue weighted by molar-refractivity contribution is 0.148. The monoisotopic (exact) mass is 299 g/mol. The van der Waals surface area contributed by atoms with Crippen molar-refractivity contribution in [2.24, 2.45) is 5.73 Å². The highest BCUT2D eigenvalue weighted by Gasteiger charge is 2.22. The highest BCUT2D eigenvalue weighted by molar-refractivity contribution is 7.80. The van der Waals surface area contributed by atoms with Crippen LogP contribution in [0.4, 0.5) is 0 Å². The topological polar surface area (TPSA) is 44.5 Å². The number of benzene rings is 2. The molecule has 0 bridgehead atoms. The van der Waals surface area contributed by atoms with E-state index in [4.69, 9.17) is 27.4 Å². The molecule has 3 rings (SSSR count). The van der Waals surface area contributed by atoms with Gasteiger partial charge in [-0.15, -0.1) is 0 Å². The van der Waals surface area contributed by atoms with Gasteiger partial charge in [-0.2, -0.15) is 0 Å².